The number of nitrogen functional groups attached to an aromatic ring is 1. The minimum Gasteiger partial charge on any atom is -0.367 e. The quantitative estimate of drug-likeness (QED) is 0.732. The molecule has 3 aromatic heterocycles. The molecule has 88 valence electrons. The normalized spacial score (nSPS) is 10.4. The summed E-state index contributed by atoms with van der Waals surface area (Å²) in [7, 11) is 0. The predicted octanol–water partition coefficient (Wildman–Crippen LogP) is 1.78. The van der Waals surface area contributed by atoms with Gasteiger partial charge in [-0.3, -0.25) is 4.98 Å². The highest BCUT2D eigenvalue weighted by molar-refractivity contribution is 5.86. The molecule has 0 fully saturated rings. The topological polar surface area (TPSA) is 90.7 Å². The van der Waals surface area contributed by atoms with Crippen molar-refractivity contribution in [2.45, 2.75) is 0 Å². The molecule has 0 aromatic carbocycles. The van der Waals surface area contributed by atoms with Crippen LogP contribution in [0.3, 0.4) is 0 Å². The van der Waals surface area contributed by atoms with Crippen LogP contribution in [0.2, 0.25) is 0 Å². The summed E-state index contributed by atoms with van der Waals surface area (Å²) < 4.78 is 5.06. The summed E-state index contributed by atoms with van der Waals surface area (Å²) in [6.07, 6.45) is 6.60. The van der Waals surface area contributed by atoms with Crippen molar-refractivity contribution in [1.29, 1.82) is 0 Å². The third kappa shape index (κ3) is 1.69. The van der Waals surface area contributed by atoms with Crippen LogP contribution in [0.15, 0.2) is 47.5 Å². The first-order chi connectivity index (χ1) is 8.86. The lowest BCUT2D eigenvalue weighted by atomic mass is 10.0. The van der Waals surface area contributed by atoms with Crippen molar-refractivity contribution in [2.24, 2.45) is 0 Å². The van der Waals surface area contributed by atoms with Crippen LogP contribution < -0.4 is 5.73 Å². The van der Waals surface area contributed by atoms with Gasteiger partial charge in [0.1, 0.15) is 5.69 Å². The van der Waals surface area contributed by atoms with Crippen LogP contribution in [0.1, 0.15) is 0 Å². The molecule has 0 spiro atoms. The Morgan fingerprint density at radius 3 is 2.67 bits per heavy atom. The molecule has 3 aromatic rings. The van der Waals surface area contributed by atoms with Gasteiger partial charge in [-0.15, -0.1) is 0 Å². The average molecular weight is 239 g/mol. The molecule has 3 rings (SSSR count). The molecule has 0 bridgehead atoms. The molecule has 0 saturated carbocycles. The summed E-state index contributed by atoms with van der Waals surface area (Å²) in [6, 6.07) is 5.52. The van der Waals surface area contributed by atoms with Crippen molar-refractivity contribution in [3.63, 3.8) is 0 Å². The predicted molar refractivity (Wildman–Crippen MR) is 65.2 cm³/mol. The van der Waals surface area contributed by atoms with Gasteiger partial charge >= 0.3 is 0 Å². The Hall–Kier alpha value is -2.76. The van der Waals surface area contributed by atoms with Crippen molar-refractivity contribution >= 4 is 5.88 Å². The Bertz CT molecular complexity index is 651. The molecule has 0 aliphatic rings. The second kappa shape index (κ2) is 4.25. The zero-order chi connectivity index (χ0) is 12.4. The standard InChI is InChI=1S/C12H9N5O/c13-12-10(8-2-1-4-14-6-8)11(17-18-12)9-3-5-15-16-7-9/h1-7H,13H2. The fourth-order valence-corrected chi connectivity index (χ4v) is 1.72. The molecule has 2 N–H and O–H groups in total. The van der Waals surface area contributed by atoms with Gasteiger partial charge in [0.2, 0.25) is 5.88 Å². The summed E-state index contributed by atoms with van der Waals surface area (Å²) in [6.45, 7) is 0. The largest absolute Gasteiger partial charge is 0.367 e. The van der Waals surface area contributed by atoms with Gasteiger partial charge in [-0.05, 0) is 12.1 Å². The second-order valence-corrected chi connectivity index (χ2v) is 3.64. The Balaban J connectivity index is 2.19. The van der Waals surface area contributed by atoms with E-state index in [4.69, 9.17) is 10.3 Å². The third-order valence-corrected chi connectivity index (χ3v) is 2.53. The van der Waals surface area contributed by atoms with E-state index < -0.39 is 0 Å². The Morgan fingerprint density at radius 2 is 1.94 bits per heavy atom. The minimum absolute atomic E-state index is 0.259. The monoisotopic (exact) mass is 239 g/mol. The number of nitrogens with two attached hydrogens (primary N) is 1. The van der Waals surface area contributed by atoms with Crippen LogP contribution >= 0.6 is 0 Å². The SMILES string of the molecule is Nc1onc(-c2ccnnc2)c1-c1cccnc1. The van der Waals surface area contributed by atoms with E-state index in [0.29, 0.717) is 5.69 Å². The van der Waals surface area contributed by atoms with Gasteiger partial charge in [0, 0.05) is 23.5 Å². The lowest BCUT2D eigenvalue weighted by molar-refractivity contribution is 0.439. The molecule has 0 aliphatic carbocycles. The highest BCUT2D eigenvalue weighted by atomic mass is 16.5. The van der Waals surface area contributed by atoms with E-state index in [1.807, 2.05) is 12.1 Å². The van der Waals surface area contributed by atoms with Crippen molar-refractivity contribution in [3.8, 4) is 22.4 Å². The zero-order valence-electron chi connectivity index (χ0n) is 9.32. The van der Waals surface area contributed by atoms with E-state index in [0.717, 1.165) is 16.7 Å². The average Bonchev–Trinajstić information content (AvgIpc) is 2.83. The van der Waals surface area contributed by atoms with Gasteiger partial charge in [0.05, 0.1) is 18.0 Å². The fraction of sp³-hybridized carbons (Fsp3) is 0. The molecule has 0 saturated heterocycles. The van der Waals surface area contributed by atoms with E-state index in [9.17, 15) is 0 Å². The molecule has 18 heavy (non-hydrogen) atoms. The van der Waals surface area contributed by atoms with Crippen LogP contribution in [0.25, 0.3) is 22.4 Å². The highest BCUT2D eigenvalue weighted by Gasteiger charge is 2.17. The van der Waals surface area contributed by atoms with Crippen molar-refractivity contribution < 1.29 is 4.52 Å². The molecule has 6 heteroatoms. The van der Waals surface area contributed by atoms with Crippen molar-refractivity contribution in [2.75, 3.05) is 5.73 Å². The van der Waals surface area contributed by atoms with Gasteiger partial charge in [0.15, 0.2) is 0 Å². The van der Waals surface area contributed by atoms with Crippen LogP contribution in [0, 0.1) is 0 Å². The molecule has 0 radical (unpaired) electrons. The Kier molecular flexibility index (Phi) is 2.45. The lowest BCUT2D eigenvalue weighted by Crippen LogP contribution is -1.89. The van der Waals surface area contributed by atoms with Gasteiger partial charge in [-0.25, -0.2) is 0 Å². The first kappa shape index (κ1) is 10.4. The number of pyridine rings is 1. The van der Waals surface area contributed by atoms with E-state index in [1.54, 1.807) is 30.9 Å². The van der Waals surface area contributed by atoms with E-state index in [1.165, 1.54) is 0 Å². The highest BCUT2D eigenvalue weighted by Crippen LogP contribution is 2.34. The van der Waals surface area contributed by atoms with Crippen LogP contribution in [-0.2, 0) is 0 Å². The number of aromatic nitrogens is 4. The van der Waals surface area contributed by atoms with Crippen LogP contribution in [0.5, 0.6) is 0 Å². The van der Waals surface area contributed by atoms with Crippen molar-refractivity contribution in [1.82, 2.24) is 20.3 Å². The number of rotatable bonds is 2. The number of nitrogens with zero attached hydrogens (tertiary/aromatic N) is 4. The summed E-state index contributed by atoms with van der Waals surface area (Å²) >= 11 is 0. The van der Waals surface area contributed by atoms with Gasteiger partial charge in [-0.2, -0.15) is 10.2 Å². The summed E-state index contributed by atoms with van der Waals surface area (Å²) in [4.78, 5) is 4.06. The molecule has 0 atom stereocenters. The first-order valence-corrected chi connectivity index (χ1v) is 5.29. The second-order valence-electron chi connectivity index (χ2n) is 3.64. The van der Waals surface area contributed by atoms with Crippen molar-refractivity contribution in [3.05, 3.63) is 43.0 Å². The van der Waals surface area contributed by atoms with E-state index >= 15 is 0 Å². The third-order valence-electron chi connectivity index (χ3n) is 2.53. The number of anilines is 1. The molecule has 0 amide bonds. The van der Waals surface area contributed by atoms with Gasteiger partial charge in [0.25, 0.3) is 0 Å². The maximum Gasteiger partial charge on any atom is 0.230 e. The molecular weight excluding hydrogens is 230 g/mol. The van der Waals surface area contributed by atoms with Crippen LogP contribution in [-0.4, -0.2) is 20.3 Å². The fourth-order valence-electron chi connectivity index (χ4n) is 1.72. The number of hydrogen-bond donors (Lipinski definition) is 1. The minimum atomic E-state index is 0.259. The Morgan fingerprint density at radius 1 is 1.00 bits per heavy atom. The summed E-state index contributed by atoms with van der Waals surface area (Å²) in [5, 5.41) is 11.5. The van der Waals surface area contributed by atoms with E-state index in [2.05, 4.69) is 20.3 Å². The number of hydrogen-bond acceptors (Lipinski definition) is 6. The summed E-state index contributed by atoms with van der Waals surface area (Å²) in [5.74, 6) is 0.259. The lowest BCUT2D eigenvalue weighted by Gasteiger charge is -2.00. The van der Waals surface area contributed by atoms with E-state index in [-0.39, 0.29) is 5.88 Å². The maximum absolute atomic E-state index is 5.82. The summed E-state index contributed by atoms with van der Waals surface area (Å²) in [5.41, 5.74) is 8.82. The maximum atomic E-state index is 5.82. The molecule has 6 nitrogen and oxygen atoms in total. The smallest absolute Gasteiger partial charge is 0.230 e. The molecule has 3 heterocycles. The Labute approximate surface area is 102 Å². The molecule has 0 unspecified atom stereocenters. The van der Waals surface area contributed by atoms with Crippen LogP contribution in [0.4, 0.5) is 5.88 Å². The molecular formula is C12H9N5O. The zero-order valence-corrected chi connectivity index (χ0v) is 9.32. The molecule has 0 aliphatic heterocycles. The van der Waals surface area contributed by atoms with Gasteiger partial charge in [-0.1, -0.05) is 11.2 Å². The van der Waals surface area contributed by atoms with Gasteiger partial charge < -0.3 is 10.3 Å². The first-order valence-electron chi connectivity index (χ1n) is 5.29.